The summed E-state index contributed by atoms with van der Waals surface area (Å²) >= 11 is 0. The summed E-state index contributed by atoms with van der Waals surface area (Å²) in [5.41, 5.74) is 0.715. The molecule has 6 nitrogen and oxygen atoms in total. The lowest BCUT2D eigenvalue weighted by atomic mass is 10.2. The third-order valence-electron chi connectivity index (χ3n) is 3.48. The minimum atomic E-state index is -3.75. The highest BCUT2D eigenvalue weighted by molar-refractivity contribution is 7.89. The Balaban J connectivity index is 2.70. The van der Waals surface area contributed by atoms with E-state index in [0.29, 0.717) is 17.9 Å². The molecule has 0 radical (unpaired) electrons. The molecule has 1 atom stereocenters. The molecule has 0 unspecified atom stereocenters. The average Bonchev–Trinajstić information content (AvgIpc) is 2.50. The Morgan fingerprint density at radius 2 is 2.00 bits per heavy atom. The van der Waals surface area contributed by atoms with E-state index in [1.165, 1.54) is 26.2 Å². The van der Waals surface area contributed by atoms with Gasteiger partial charge in [0, 0.05) is 6.54 Å². The number of hydrogen-bond donors (Lipinski definition) is 2. The Morgan fingerprint density at radius 3 is 2.57 bits per heavy atom. The Bertz CT molecular complexity index is 629. The molecular weight excluding hydrogens is 316 g/mol. The normalized spacial score (nSPS) is 12.7. The summed E-state index contributed by atoms with van der Waals surface area (Å²) in [6.45, 7) is 5.93. The van der Waals surface area contributed by atoms with E-state index in [4.69, 9.17) is 4.74 Å². The third kappa shape index (κ3) is 5.84. The van der Waals surface area contributed by atoms with Gasteiger partial charge in [0.2, 0.25) is 15.9 Å². The zero-order valence-corrected chi connectivity index (χ0v) is 15.0. The van der Waals surface area contributed by atoms with Crippen LogP contribution in [0.25, 0.3) is 0 Å². The Morgan fingerprint density at radius 1 is 1.30 bits per heavy atom. The number of methoxy groups -OCH3 is 1. The molecular formula is C16H26N2O4S. The van der Waals surface area contributed by atoms with Gasteiger partial charge in [0.1, 0.15) is 5.75 Å². The minimum Gasteiger partial charge on any atom is -0.496 e. The highest BCUT2D eigenvalue weighted by Crippen LogP contribution is 2.21. The molecule has 2 N–H and O–H groups in total. The van der Waals surface area contributed by atoms with Crippen molar-refractivity contribution in [3.63, 3.8) is 0 Å². The summed E-state index contributed by atoms with van der Waals surface area (Å²) in [6, 6.07) is 3.75. The van der Waals surface area contributed by atoms with Gasteiger partial charge in [-0.25, -0.2) is 8.42 Å². The van der Waals surface area contributed by atoms with Crippen molar-refractivity contribution in [2.24, 2.45) is 0 Å². The maximum Gasteiger partial charge on any atom is 0.241 e. The molecule has 1 aromatic carbocycles. The number of benzene rings is 1. The van der Waals surface area contributed by atoms with Gasteiger partial charge in [-0.1, -0.05) is 19.8 Å². The summed E-state index contributed by atoms with van der Waals surface area (Å²) < 4.78 is 32.2. The highest BCUT2D eigenvalue weighted by Gasteiger charge is 2.22. The molecule has 0 heterocycles. The van der Waals surface area contributed by atoms with Crippen molar-refractivity contribution >= 4 is 15.9 Å². The number of ether oxygens (including phenoxy) is 1. The van der Waals surface area contributed by atoms with Crippen LogP contribution >= 0.6 is 0 Å². The van der Waals surface area contributed by atoms with E-state index in [1.54, 1.807) is 13.0 Å². The summed E-state index contributed by atoms with van der Waals surface area (Å²) in [4.78, 5) is 12.0. The molecule has 0 fully saturated rings. The van der Waals surface area contributed by atoms with E-state index in [0.717, 1.165) is 19.3 Å². The molecule has 0 spiro atoms. The standard InChI is InChI=1S/C16H26N2O4S/c1-5-6-7-10-17-16(19)13(3)18-23(20,21)14-8-9-15(22-4)12(2)11-14/h8-9,11,13,18H,5-7,10H2,1-4H3,(H,17,19)/t13-/m1/s1. The van der Waals surface area contributed by atoms with Crippen LogP contribution in [0, 0.1) is 6.92 Å². The first-order chi connectivity index (χ1) is 10.8. The van der Waals surface area contributed by atoms with E-state index < -0.39 is 16.1 Å². The zero-order chi connectivity index (χ0) is 17.5. The fourth-order valence-corrected chi connectivity index (χ4v) is 3.40. The molecule has 0 saturated carbocycles. The van der Waals surface area contributed by atoms with Crippen molar-refractivity contribution in [2.75, 3.05) is 13.7 Å². The number of sulfonamides is 1. The zero-order valence-electron chi connectivity index (χ0n) is 14.2. The van der Waals surface area contributed by atoms with Crippen LogP contribution in [0.3, 0.4) is 0 Å². The molecule has 1 aromatic rings. The summed E-state index contributed by atoms with van der Waals surface area (Å²) in [7, 11) is -2.23. The van der Waals surface area contributed by atoms with Crippen molar-refractivity contribution in [2.45, 2.75) is 51.0 Å². The molecule has 0 aliphatic heterocycles. The first-order valence-corrected chi connectivity index (χ1v) is 9.24. The van der Waals surface area contributed by atoms with Crippen molar-refractivity contribution in [3.05, 3.63) is 23.8 Å². The van der Waals surface area contributed by atoms with Crippen LogP contribution in [0.2, 0.25) is 0 Å². The average molecular weight is 342 g/mol. The van der Waals surface area contributed by atoms with E-state index in [2.05, 4.69) is 17.0 Å². The smallest absolute Gasteiger partial charge is 0.241 e. The molecule has 1 amide bonds. The van der Waals surface area contributed by atoms with Gasteiger partial charge in [-0.05, 0) is 44.0 Å². The second-order valence-corrected chi connectivity index (χ2v) is 7.19. The lowest BCUT2D eigenvalue weighted by Crippen LogP contribution is -2.44. The molecule has 0 aromatic heterocycles. The monoisotopic (exact) mass is 342 g/mol. The van der Waals surface area contributed by atoms with Crippen LogP contribution in [0.5, 0.6) is 5.75 Å². The van der Waals surface area contributed by atoms with Gasteiger partial charge in [0.25, 0.3) is 0 Å². The second-order valence-electron chi connectivity index (χ2n) is 5.47. The highest BCUT2D eigenvalue weighted by atomic mass is 32.2. The molecule has 130 valence electrons. The SMILES string of the molecule is CCCCCNC(=O)[C@@H](C)NS(=O)(=O)c1ccc(OC)c(C)c1. The van der Waals surface area contributed by atoms with Crippen LogP contribution in [0.1, 0.15) is 38.7 Å². The fraction of sp³-hybridized carbons (Fsp3) is 0.562. The van der Waals surface area contributed by atoms with E-state index in [9.17, 15) is 13.2 Å². The number of aryl methyl sites for hydroxylation is 1. The molecule has 23 heavy (non-hydrogen) atoms. The van der Waals surface area contributed by atoms with Crippen LogP contribution in [0.15, 0.2) is 23.1 Å². The lowest BCUT2D eigenvalue weighted by Gasteiger charge is -2.15. The van der Waals surface area contributed by atoms with Crippen molar-refractivity contribution < 1.29 is 17.9 Å². The first kappa shape index (κ1) is 19.4. The Kier molecular flexibility index (Phi) is 7.51. The molecule has 0 bridgehead atoms. The van der Waals surface area contributed by atoms with Gasteiger partial charge in [-0.15, -0.1) is 0 Å². The Hall–Kier alpha value is -1.60. The quantitative estimate of drug-likeness (QED) is 0.672. The van der Waals surface area contributed by atoms with Gasteiger partial charge in [0.15, 0.2) is 0 Å². The van der Waals surface area contributed by atoms with E-state index in [-0.39, 0.29) is 10.8 Å². The predicted octanol–water partition coefficient (Wildman–Crippen LogP) is 1.98. The number of amides is 1. The van der Waals surface area contributed by atoms with E-state index in [1.807, 2.05) is 0 Å². The van der Waals surface area contributed by atoms with Gasteiger partial charge in [-0.3, -0.25) is 4.79 Å². The van der Waals surface area contributed by atoms with Gasteiger partial charge in [0.05, 0.1) is 18.0 Å². The fourth-order valence-electron chi connectivity index (χ4n) is 2.11. The van der Waals surface area contributed by atoms with Gasteiger partial charge in [-0.2, -0.15) is 4.72 Å². The maximum absolute atomic E-state index is 12.3. The number of rotatable bonds is 9. The van der Waals surface area contributed by atoms with Crippen molar-refractivity contribution in [3.8, 4) is 5.75 Å². The van der Waals surface area contributed by atoms with Gasteiger partial charge < -0.3 is 10.1 Å². The van der Waals surface area contributed by atoms with Gasteiger partial charge >= 0.3 is 0 Å². The van der Waals surface area contributed by atoms with Crippen molar-refractivity contribution in [1.29, 1.82) is 0 Å². The van der Waals surface area contributed by atoms with Crippen LogP contribution in [-0.2, 0) is 14.8 Å². The summed E-state index contributed by atoms with van der Waals surface area (Å²) in [6.07, 6.45) is 2.99. The van der Waals surface area contributed by atoms with Crippen molar-refractivity contribution in [1.82, 2.24) is 10.0 Å². The molecule has 0 aliphatic carbocycles. The largest absolute Gasteiger partial charge is 0.496 e. The second kappa shape index (κ2) is 8.88. The molecule has 0 saturated heterocycles. The van der Waals surface area contributed by atoms with Crippen LogP contribution in [0.4, 0.5) is 0 Å². The van der Waals surface area contributed by atoms with Crippen LogP contribution in [-0.4, -0.2) is 34.0 Å². The minimum absolute atomic E-state index is 0.112. The maximum atomic E-state index is 12.3. The predicted molar refractivity (Wildman–Crippen MR) is 90.0 cm³/mol. The van der Waals surface area contributed by atoms with E-state index >= 15 is 0 Å². The number of unbranched alkanes of at least 4 members (excludes halogenated alkanes) is 2. The number of hydrogen-bond acceptors (Lipinski definition) is 4. The third-order valence-corrected chi connectivity index (χ3v) is 5.02. The molecule has 0 aliphatic rings. The topological polar surface area (TPSA) is 84.5 Å². The summed E-state index contributed by atoms with van der Waals surface area (Å²) in [5.74, 6) is 0.292. The number of nitrogens with one attached hydrogen (secondary N) is 2. The number of carbonyl (C=O) groups excluding carboxylic acids is 1. The molecule has 1 rings (SSSR count). The molecule has 7 heteroatoms. The summed E-state index contributed by atoms with van der Waals surface area (Å²) in [5, 5.41) is 2.74. The lowest BCUT2D eigenvalue weighted by molar-refractivity contribution is -0.122. The Labute approximate surface area is 138 Å². The first-order valence-electron chi connectivity index (χ1n) is 7.76. The number of carbonyl (C=O) groups is 1. The van der Waals surface area contributed by atoms with Crippen LogP contribution < -0.4 is 14.8 Å².